The number of fused-ring (bicyclic) bond motifs is 1. The summed E-state index contributed by atoms with van der Waals surface area (Å²) < 4.78 is 6.01. The molecule has 0 aliphatic carbocycles. The van der Waals surface area contributed by atoms with Crippen molar-refractivity contribution >= 4 is 22.8 Å². The highest BCUT2D eigenvalue weighted by molar-refractivity contribution is 5.92. The Kier molecular flexibility index (Phi) is 14.4. The van der Waals surface area contributed by atoms with Gasteiger partial charge < -0.3 is 30.4 Å². The number of esters is 1. The van der Waals surface area contributed by atoms with Crippen molar-refractivity contribution in [3.05, 3.63) is 118 Å². The first-order valence-corrected chi connectivity index (χ1v) is 18.7. The monoisotopic (exact) mass is 694 g/mol. The highest BCUT2D eigenvalue weighted by Crippen LogP contribution is 2.32. The van der Waals surface area contributed by atoms with Crippen LogP contribution in [-0.4, -0.2) is 66.2 Å². The summed E-state index contributed by atoms with van der Waals surface area (Å²) >= 11 is 0. The van der Waals surface area contributed by atoms with Crippen LogP contribution >= 0.6 is 0 Å². The molecule has 2 heterocycles. The predicted molar refractivity (Wildman–Crippen MR) is 202 cm³/mol. The molecule has 0 radical (unpaired) electrons. The number of hydrogen-bond donors (Lipinski definition) is 4. The van der Waals surface area contributed by atoms with Gasteiger partial charge in [-0.15, -0.1) is 0 Å². The maximum atomic E-state index is 13.9. The van der Waals surface area contributed by atoms with Gasteiger partial charge >= 0.3 is 5.97 Å². The number of likely N-dealkylation sites (tertiary alicyclic amines) is 1. The average Bonchev–Trinajstić information content (AvgIpc) is 3.15. The third-order valence-corrected chi connectivity index (χ3v) is 10.0. The van der Waals surface area contributed by atoms with Crippen molar-refractivity contribution in [3.63, 3.8) is 0 Å². The number of carbonyl (C=O) groups is 2. The predicted octanol–water partition coefficient (Wildman–Crippen LogP) is 6.22. The lowest BCUT2D eigenvalue weighted by Gasteiger charge is -2.35. The Morgan fingerprint density at radius 3 is 2.10 bits per heavy atom. The summed E-state index contributed by atoms with van der Waals surface area (Å²) in [5, 5.41) is 17.9. The minimum absolute atomic E-state index is 0.195. The van der Waals surface area contributed by atoms with E-state index in [0.29, 0.717) is 35.8 Å². The number of pyridine rings is 1. The van der Waals surface area contributed by atoms with Crippen LogP contribution in [0.2, 0.25) is 0 Å². The van der Waals surface area contributed by atoms with Gasteiger partial charge in [-0.05, 0) is 80.5 Å². The summed E-state index contributed by atoms with van der Waals surface area (Å²) in [5.41, 5.74) is 1.16. The fourth-order valence-electron chi connectivity index (χ4n) is 7.24. The molecule has 0 saturated carbocycles. The molecule has 0 unspecified atom stereocenters. The van der Waals surface area contributed by atoms with E-state index in [-0.39, 0.29) is 11.5 Å². The number of aliphatic hydroxyl groups is 1. The van der Waals surface area contributed by atoms with Crippen molar-refractivity contribution in [1.82, 2.24) is 20.5 Å². The van der Waals surface area contributed by atoms with Crippen LogP contribution in [0.5, 0.6) is 0 Å². The third kappa shape index (κ3) is 10.6. The number of aromatic nitrogens is 1. The van der Waals surface area contributed by atoms with Crippen LogP contribution in [0, 0.1) is 5.92 Å². The molecule has 4 aromatic rings. The first-order valence-electron chi connectivity index (χ1n) is 18.7. The highest BCUT2D eigenvalue weighted by Gasteiger charge is 2.45. The van der Waals surface area contributed by atoms with Gasteiger partial charge in [0, 0.05) is 30.4 Å². The third-order valence-electron chi connectivity index (χ3n) is 10.0. The SMILES string of the molecule is CC(=O)NC(C(=O)OCC1CCN(CCCCCCCCCNC[C@H](O)c2cc(=O)[nH]c3ccccc23)CC1)(c1ccccc1)c1ccccc1. The molecule has 0 spiro atoms. The van der Waals surface area contributed by atoms with Crippen molar-refractivity contribution < 1.29 is 19.4 Å². The van der Waals surface area contributed by atoms with E-state index >= 15 is 0 Å². The average molecular weight is 695 g/mol. The maximum Gasteiger partial charge on any atom is 0.341 e. The summed E-state index contributed by atoms with van der Waals surface area (Å²) in [4.78, 5) is 43.6. The Morgan fingerprint density at radius 2 is 1.45 bits per heavy atom. The number of rotatable bonds is 19. The lowest BCUT2D eigenvalue weighted by atomic mass is 9.82. The van der Waals surface area contributed by atoms with Gasteiger partial charge in [0.15, 0.2) is 5.54 Å². The van der Waals surface area contributed by atoms with Crippen molar-refractivity contribution in [1.29, 1.82) is 0 Å². The van der Waals surface area contributed by atoms with E-state index in [1.165, 1.54) is 45.1 Å². The zero-order valence-electron chi connectivity index (χ0n) is 29.9. The zero-order valence-corrected chi connectivity index (χ0v) is 29.9. The van der Waals surface area contributed by atoms with Crippen LogP contribution in [-0.2, 0) is 19.9 Å². The number of ether oxygens (including phenoxy) is 1. The maximum absolute atomic E-state index is 13.9. The number of aromatic amines is 1. The molecule has 1 amide bonds. The number of carbonyl (C=O) groups excluding carboxylic acids is 2. The second-order valence-corrected chi connectivity index (χ2v) is 13.9. The lowest BCUT2D eigenvalue weighted by molar-refractivity contribution is -0.154. The number of hydrogen-bond acceptors (Lipinski definition) is 7. The van der Waals surface area contributed by atoms with Crippen LogP contribution in [0.3, 0.4) is 0 Å². The number of piperidine rings is 1. The summed E-state index contributed by atoms with van der Waals surface area (Å²) in [6.45, 7) is 6.17. The van der Waals surface area contributed by atoms with Gasteiger partial charge in [0.05, 0.1) is 12.7 Å². The Balaban J connectivity index is 0.933. The molecule has 51 heavy (non-hydrogen) atoms. The fourth-order valence-corrected chi connectivity index (χ4v) is 7.24. The van der Waals surface area contributed by atoms with Crippen LogP contribution in [0.1, 0.15) is 87.5 Å². The van der Waals surface area contributed by atoms with Crippen molar-refractivity contribution in [2.24, 2.45) is 5.92 Å². The molecule has 1 aliphatic rings. The fraction of sp³-hybridized carbons (Fsp3) is 0.452. The Hall–Kier alpha value is -4.31. The van der Waals surface area contributed by atoms with Gasteiger partial charge in [-0.3, -0.25) is 9.59 Å². The molecule has 4 N–H and O–H groups in total. The van der Waals surface area contributed by atoms with Crippen LogP contribution in [0.4, 0.5) is 0 Å². The number of nitrogens with zero attached hydrogens (tertiary/aromatic N) is 1. The molecular formula is C42H54N4O5. The summed E-state index contributed by atoms with van der Waals surface area (Å²) in [6.07, 6.45) is 9.61. The van der Waals surface area contributed by atoms with Crippen LogP contribution < -0.4 is 16.2 Å². The minimum atomic E-state index is -1.40. The molecule has 0 bridgehead atoms. The topological polar surface area (TPSA) is 124 Å². The second kappa shape index (κ2) is 19.3. The van der Waals surface area contributed by atoms with Crippen LogP contribution in [0.15, 0.2) is 95.8 Å². The summed E-state index contributed by atoms with van der Waals surface area (Å²) in [6, 6.07) is 27.8. The molecule has 1 atom stereocenters. The first-order chi connectivity index (χ1) is 24.9. The van der Waals surface area contributed by atoms with Crippen LogP contribution in [0.25, 0.3) is 10.9 Å². The quantitative estimate of drug-likeness (QED) is 0.0679. The molecule has 1 saturated heterocycles. The van der Waals surface area contributed by atoms with E-state index in [9.17, 15) is 19.5 Å². The van der Waals surface area contributed by atoms with Gasteiger partial charge in [-0.1, -0.05) is 111 Å². The van der Waals surface area contributed by atoms with E-state index < -0.39 is 17.6 Å². The molecular weight excluding hydrogens is 640 g/mol. The van der Waals surface area contributed by atoms with Crippen molar-refractivity contribution in [2.45, 2.75) is 76.4 Å². The van der Waals surface area contributed by atoms with Gasteiger partial charge in [-0.25, -0.2) is 4.79 Å². The number of unbranched alkanes of at least 4 members (excludes halogenated alkanes) is 6. The van der Waals surface area contributed by atoms with E-state index in [0.717, 1.165) is 62.8 Å². The molecule has 3 aromatic carbocycles. The van der Waals surface area contributed by atoms with Crippen molar-refractivity contribution in [2.75, 3.05) is 39.3 Å². The number of H-pyrrole nitrogens is 1. The molecule has 1 aromatic heterocycles. The summed E-state index contributed by atoms with van der Waals surface area (Å²) in [7, 11) is 0. The van der Waals surface area contributed by atoms with Crippen molar-refractivity contribution in [3.8, 4) is 0 Å². The normalized spacial score (nSPS) is 14.7. The number of amides is 1. The number of aliphatic hydroxyl groups excluding tert-OH is 1. The minimum Gasteiger partial charge on any atom is -0.463 e. The van der Waals surface area contributed by atoms with E-state index in [2.05, 4.69) is 20.5 Å². The van der Waals surface area contributed by atoms with E-state index in [1.807, 2.05) is 84.9 Å². The smallest absolute Gasteiger partial charge is 0.341 e. The molecule has 1 fully saturated rings. The number of benzene rings is 3. The van der Waals surface area contributed by atoms with E-state index in [1.54, 1.807) is 0 Å². The first kappa shape index (κ1) is 37.9. The zero-order chi connectivity index (χ0) is 35.9. The Bertz CT molecular complexity index is 1680. The largest absolute Gasteiger partial charge is 0.463 e. The molecule has 1 aliphatic heterocycles. The Labute approximate surface area is 301 Å². The second-order valence-electron chi connectivity index (χ2n) is 13.9. The highest BCUT2D eigenvalue weighted by atomic mass is 16.5. The molecule has 9 nitrogen and oxygen atoms in total. The van der Waals surface area contributed by atoms with Gasteiger partial charge in [-0.2, -0.15) is 0 Å². The van der Waals surface area contributed by atoms with Gasteiger partial charge in [0.25, 0.3) is 0 Å². The van der Waals surface area contributed by atoms with Gasteiger partial charge in [0.1, 0.15) is 0 Å². The van der Waals surface area contributed by atoms with Gasteiger partial charge in [0.2, 0.25) is 11.5 Å². The summed E-state index contributed by atoms with van der Waals surface area (Å²) in [5.74, 6) is -0.456. The Morgan fingerprint density at radius 1 is 0.863 bits per heavy atom. The number of para-hydroxylation sites is 1. The standard InChI is InChI=1S/C42H54N4O5/c1-32(47)45-42(34-17-9-7-10-18-34,35-19-11-8-12-20-35)41(50)51-31-33-23-27-46(28-24-33)26-16-6-4-2-3-5-15-25-43-30-39(48)37-29-40(49)44-38-22-14-13-21-36(37)38/h7-14,17-22,29,33,39,43,48H,2-6,15-16,23-28,30-31H2,1H3,(H,44,49)(H,45,47)/t39-/m0/s1. The van der Waals surface area contributed by atoms with E-state index in [4.69, 9.17) is 4.74 Å². The molecule has 272 valence electrons. The lowest BCUT2D eigenvalue weighted by Crippen LogP contribution is -2.53. The molecule has 9 heteroatoms. The number of nitrogens with one attached hydrogen (secondary N) is 3. The molecule has 5 rings (SSSR count).